The quantitative estimate of drug-likeness (QED) is 0.452. The normalized spacial score (nSPS) is 10.6. The molecule has 34 heavy (non-hydrogen) atoms. The minimum Gasteiger partial charge on any atom is -0.496 e. The highest BCUT2D eigenvalue weighted by molar-refractivity contribution is 5.78. The van der Waals surface area contributed by atoms with E-state index in [9.17, 15) is 14.7 Å². The summed E-state index contributed by atoms with van der Waals surface area (Å²) in [7, 11) is 1.60. The molecule has 0 atom stereocenters. The fraction of sp³-hybridized carbons (Fsp3) is 0.286. The lowest BCUT2D eigenvalue weighted by atomic mass is 9.94. The second-order valence-corrected chi connectivity index (χ2v) is 8.43. The number of carbonyl (C=O) groups is 2. The Morgan fingerprint density at radius 1 is 0.941 bits per heavy atom. The SMILES string of the molecule is CCN(Cc1cc(C)ccc1-c1cc(CC(=O)O)ccc1OC)C(=O)NCc1cccc(C)c1. The Bertz CT molecular complexity index is 1170. The summed E-state index contributed by atoms with van der Waals surface area (Å²) in [4.78, 5) is 26.0. The van der Waals surface area contributed by atoms with Gasteiger partial charge in [0.15, 0.2) is 0 Å². The third-order valence-electron chi connectivity index (χ3n) is 5.73. The lowest BCUT2D eigenvalue weighted by Gasteiger charge is -2.24. The molecule has 0 heterocycles. The van der Waals surface area contributed by atoms with Gasteiger partial charge in [0.2, 0.25) is 0 Å². The number of nitrogens with one attached hydrogen (secondary N) is 1. The topological polar surface area (TPSA) is 78.9 Å². The smallest absolute Gasteiger partial charge is 0.317 e. The first-order valence-corrected chi connectivity index (χ1v) is 11.4. The van der Waals surface area contributed by atoms with Crippen molar-refractivity contribution in [1.29, 1.82) is 0 Å². The van der Waals surface area contributed by atoms with Crippen LogP contribution in [-0.2, 0) is 24.3 Å². The summed E-state index contributed by atoms with van der Waals surface area (Å²) >= 11 is 0. The van der Waals surface area contributed by atoms with Gasteiger partial charge in [-0.05, 0) is 55.2 Å². The molecule has 0 saturated carbocycles. The van der Waals surface area contributed by atoms with E-state index in [4.69, 9.17) is 4.74 Å². The van der Waals surface area contributed by atoms with Crippen molar-refractivity contribution >= 4 is 12.0 Å². The first-order valence-electron chi connectivity index (χ1n) is 11.4. The Morgan fingerprint density at radius 3 is 2.38 bits per heavy atom. The molecule has 0 aromatic heterocycles. The molecule has 3 rings (SSSR count). The van der Waals surface area contributed by atoms with Crippen LogP contribution >= 0.6 is 0 Å². The molecule has 0 radical (unpaired) electrons. The Kier molecular flexibility index (Phi) is 8.30. The van der Waals surface area contributed by atoms with E-state index < -0.39 is 5.97 Å². The van der Waals surface area contributed by atoms with E-state index in [1.54, 1.807) is 24.1 Å². The maximum atomic E-state index is 13.0. The van der Waals surface area contributed by atoms with Crippen molar-refractivity contribution in [1.82, 2.24) is 10.2 Å². The molecule has 178 valence electrons. The monoisotopic (exact) mass is 460 g/mol. The molecular formula is C28H32N2O4. The van der Waals surface area contributed by atoms with Crippen LogP contribution in [0.4, 0.5) is 4.79 Å². The second kappa shape index (κ2) is 11.4. The fourth-order valence-corrected chi connectivity index (χ4v) is 4.01. The van der Waals surface area contributed by atoms with Crippen LogP contribution < -0.4 is 10.1 Å². The number of aryl methyl sites for hydroxylation is 2. The standard InChI is InChI=1S/C28H32N2O4/c1-5-30(28(33)29-17-22-8-6-7-19(2)13-22)18-23-14-20(3)9-11-24(23)25-15-21(16-27(31)32)10-12-26(25)34-4/h6-15H,5,16-18H2,1-4H3,(H,29,33)(H,31,32). The van der Waals surface area contributed by atoms with E-state index in [2.05, 4.69) is 17.4 Å². The van der Waals surface area contributed by atoms with E-state index in [1.807, 2.05) is 57.2 Å². The number of amides is 2. The summed E-state index contributed by atoms with van der Waals surface area (Å²) in [5.74, 6) is -0.228. The molecule has 3 aromatic carbocycles. The lowest BCUT2D eigenvalue weighted by Crippen LogP contribution is -2.39. The molecular weight excluding hydrogens is 428 g/mol. The van der Waals surface area contributed by atoms with E-state index in [-0.39, 0.29) is 12.5 Å². The summed E-state index contributed by atoms with van der Waals surface area (Å²) in [5, 5.41) is 12.2. The maximum Gasteiger partial charge on any atom is 0.317 e. The zero-order chi connectivity index (χ0) is 24.7. The predicted octanol–water partition coefficient (Wildman–Crippen LogP) is 5.34. The van der Waals surface area contributed by atoms with Gasteiger partial charge >= 0.3 is 12.0 Å². The third-order valence-corrected chi connectivity index (χ3v) is 5.73. The Morgan fingerprint density at radius 2 is 1.71 bits per heavy atom. The van der Waals surface area contributed by atoms with Crippen LogP contribution in [0.3, 0.4) is 0 Å². The second-order valence-electron chi connectivity index (χ2n) is 8.43. The van der Waals surface area contributed by atoms with Gasteiger partial charge in [0.05, 0.1) is 13.5 Å². The van der Waals surface area contributed by atoms with Gasteiger partial charge in [-0.2, -0.15) is 0 Å². The molecule has 0 aliphatic heterocycles. The minimum atomic E-state index is -0.886. The van der Waals surface area contributed by atoms with Crippen molar-refractivity contribution in [3.63, 3.8) is 0 Å². The number of carbonyl (C=O) groups excluding carboxylic acids is 1. The first-order chi connectivity index (χ1) is 16.3. The molecule has 0 aliphatic rings. The summed E-state index contributed by atoms with van der Waals surface area (Å²) in [6, 6.07) is 19.4. The zero-order valence-corrected chi connectivity index (χ0v) is 20.2. The third kappa shape index (κ3) is 6.38. The van der Waals surface area contributed by atoms with Gasteiger partial charge in [0.1, 0.15) is 5.75 Å². The van der Waals surface area contributed by atoms with Gasteiger partial charge in [-0.15, -0.1) is 0 Å². The van der Waals surface area contributed by atoms with Crippen LogP contribution in [0.15, 0.2) is 60.7 Å². The van der Waals surface area contributed by atoms with Crippen LogP contribution in [-0.4, -0.2) is 35.7 Å². The average Bonchev–Trinajstić information content (AvgIpc) is 2.80. The number of hydrogen-bond donors (Lipinski definition) is 2. The Hall–Kier alpha value is -3.80. The number of aliphatic carboxylic acids is 1. The highest BCUT2D eigenvalue weighted by Crippen LogP contribution is 2.34. The minimum absolute atomic E-state index is 0.0688. The Labute approximate surface area is 201 Å². The van der Waals surface area contributed by atoms with Crippen LogP contribution in [0.1, 0.15) is 34.7 Å². The van der Waals surface area contributed by atoms with E-state index in [0.29, 0.717) is 30.9 Å². The van der Waals surface area contributed by atoms with E-state index in [1.165, 1.54) is 0 Å². The number of carboxylic acids is 1. The van der Waals surface area contributed by atoms with Gasteiger partial charge in [0.25, 0.3) is 0 Å². The van der Waals surface area contributed by atoms with E-state index in [0.717, 1.165) is 33.4 Å². The average molecular weight is 461 g/mol. The summed E-state index contributed by atoms with van der Waals surface area (Å²) in [5.41, 5.74) is 6.68. The lowest BCUT2D eigenvalue weighted by molar-refractivity contribution is -0.136. The molecule has 0 saturated heterocycles. The van der Waals surface area contributed by atoms with Crippen molar-refractivity contribution in [3.05, 3.63) is 88.5 Å². The molecule has 0 fully saturated rings. The number of carboxylic acid groups (broad SMARTS) is 1. The van der Waals surface area contributed by atoms with Crippen LogP contribution in [0.5, 0.6) is 5.75 Å². The maximum absolute atomic E-state index is 13.0. The number of nitrogens with zero attached hydrogens (tertiary/aromatic N) is 1. The molecule has 0 aliphatic carbocycles. The summed E-state index contributed by atoms with van der Waals surface area (Å²) < 4.78 is 5.58. The molecule has 2 amide bonds. The fourth-order valence-electron chi connectivity index (χ4n) is 4.01. The van der Waals surface area contributed by atoms with Gasteiger partial charge in [0, 0.05) is 25.2 Å². The number of hydrogen-bond acceptors (Lipinski definition) is 3. The molecule has 0 bridgehead atoms. The van der Waals surface area contributed by atoms with E-state index >= 15 is 0 Å². The van der Waals surface area contributed by atoms with Crippen molar-refractivity contribution in [3.8, 4) is 16.9 Å². The molecule has 3 aromatic rings. The summed E-state index contributed by atoms with van der Waals surface area (Å²) in [6.07, 6.45) is -0.0688. The first kappa shape index (κ1) is 24.8. The van der Waals surface area contributed by atoms with Crippen molar-refractivity contribution < 1.29 is 19.4 Å². The molecule has 0 unspecified atom stereocenters. The zero-order valence-electron chi connectivity index (χ0n) is 20.2. The molecule has 6 nitrogen and oxygen atoms in total. The van der Waals surface area contributed by atoms with Gasteiger partial charge in [-0.1, -0.05) is 59.7 Å². The predicted molar refractivity (Wildman–Crippen MR) is 134 cm³/mol. The van der Waals surface area contributed by atoms with Crippen LogP contribution in [0.2, 0.25) is 0 Å². The number of benzene rings is 3. The van der Waals surface area contributed by atoms with Gasteiger partial charge in [-0.25, -0.2) is 4.79 Å². The van der Waals surface area contributed by atoms with Crippen LogP contribution in [0, 0.1) is 13.8 Å². The number of ether oxygens (including phenoxy) is 1. The van der Waals surface area contributed by atoms with Gasteiger partial charge < -0.3 is 20.1 Å². The molecule has 6 heteroatoms. The largest absolute Gasteiger partial charge is 0.496 e. The highest BCUT2D eigenvalue weighted by Gasteiger charge is 2.17. The molecule has 2 N–H and O–H groups in total. The van der Waals surface area contributed by atoms with Crippen molar-refractivity contribution in [2.45, 2.75) is 40.3 Å². The summed E-state index contributed by atoms with van der Waals surface area (Å²) in [6.45, 7) is 7.42. The number of urea groups is 1. The highest BCUT2D eigenvalue weighted by atomic mass is 16.5. The van der Waals surface area contributed by atoms with Gasteiger partial charge in [-0.3, -0.25) is 4.79 Å². The number of rotatable bonds is 9. The Balaban J connectivity index is 1.88. The van der Waals surface area contributed by atoms with Crippen LogP contribution in [0.25, 0.3) is 11.1 Å². The van der Waals surface area contributed by atoms with Crippen molar-refractivity contribution in [2.24, 2.45) is 0 Å². The molecule has 0 spiro atoms. The number of methoxy groups -OCH3 is 1. The van der Waals surface area contributed by atoms with Crippen molar-refractivity contribution in [2.75, 3.05) is 13.7 Å².